The Bertz CT molecular complexity index is 415. The minimum absolute atomic E-state index is 0.0350. The molecule has 7 heteroatoms. The van der Waals surface area contributed by atoms with Gasteiger partial charge in [0.15, 0.2) is 0 Å². The van der Waals surface area contributed by atoms with E-state index in [0.717, 1.165) is 0 Å². The summed E-state index contributed by atoms with van der Waals surface area (Å²) in [4.78, 5) is 11.4. The van der Waals surface area contributed by atoms with E-state index >= 15 is 0 Å². The smallest absolute Gasteiger partial charge is 0.273 e. The maximum absolute atomic E-state index is 12.2. The lowest BCUT2D eigenvalue weighted by Crippen LogP contribution is -2.24. The second-order valence-corrected chi connectivity index (χ2v) is 3.74. The third-order valence-electron chi connectivity index (χ3n) is 2.26. The summed E-state index contributed by atoms with van der Waals surface area (Å²) in [5, 5.41) is 10.7. The number of rotatable bonds is 5. The number of halogens is 3. The third-order valence-corrected chi connectivity index (χ3v) is 2.54. The number of benzene rings is 1. The molecule has 0 fully saturated rings. The number of hydrogen-bond donors (Lipinski definition) is 0. The predicted octanol–water partition coefficient (Wildman–Crippen LogP) is 3.03. The molecule has 0 amide bonds. The Kier molecular flexibility index (Phi) is 4.62. The molecule has 0 aliphatic rings. The minimum atomic E-state index is -2.46. The van der Waals surface area contributed by atoms with Gasteiger partial charge in [-0.3, -0.25) is 10.1 Å². The van der Waals surface area contributed by atoms with E-state index in [1.54, 1.807) is 0 Å². The molecular weight excluding hydrogens is 254 g/mol. The average Bonchev–Trinajstić information content (AvgIpc) is 2.27. The first-order valence-corrected chi connectivity index (χ1v) is 5.31. The molecule has 0 unspecified atom stereocenters. The number of nitrogens with zero attached hydrogens (tertiary/aromatic N) is 2. The lowest BCUT2D eigenvalue weighted by atomic mass is 10.1. The monoisotopic (exact) mass is 264 g/mol. The highest BCUT2D eigenvalue weighted by molar-refractivity contribution is 6.17. The normalized spacial score (nSPS) is 10.6. The molecule has 0 saturated carbocycles. The Hall–Kier alpha value is -1.43. The zero-order chi connectivity index (χ0) is 13.0. The molecule has 0 aliphatic carbocycles. The molecule has 1 rings (SSSR count). The Morgan fingerprint density at radius 3 is 2.65 bits per heavy atom. The summed E-state index contributed by atoms with van der Waals surface area (Å²) in [5.41, 5.74) is 0.691. The fraction of sp³-hybridized carbons (Fsp3) is 0.400. The molecule has 0 bridgehead atoms. The van der Waals surface area contributed by atoms with Gasteiger partial charge in [0.2, 0.25) is 0 Å². The van der Waals surface area contributed by atoms with Gasteiger partial charge in [0.25, 0.3) is 12.1 Å². The van der Waals surface area contributed by atoms with E-state index in [0.29, 0.717) is 11.3 Å². The zero-order valence-corrected chi connectivity index (χ0v) is 9.82. The first-order chi connectivity index (χ1) is 7.95. The van der Waals surface area contributed by atoms with Crippen molar-refractivity contribution in [2.75, 3.05) is 18.5 Å². The Balaban J connectivity index is 3.00. The van der Waals surface area contributed by atoms with Crippen LogP contribution in [0.1, 0.15) is 5.56 Å². The fourth-order valence-corrected chi connectivity index (χ4v) is 1.62. The fourth-order valence-electron chi connectivity index (χ4n) is 1.41. The molecule has 0 heterocycles. The summed E-state index contributed by atoms with van der Waals surface area (Å²) in [6.45, 7) is -0.431. The van der Waals surface area contributed by atoms with E-state index < -0.39 is 17.9 Å². The quantitative estimate of drug-likeness (QED) is 0.466. The van der Waals surface area contributed by atoms with Crippen LogP contribution in [0.5, 0.6) is 0 Å². The highest BCUT2D eigenvalue weighted by atomic mass is 35.5. The van der Waals surface area contributed by atoms with Gasteiger partial charge in [-0.15, -0.1) is 11.6 Å². The van der Waals surface area contributed by atoms with Gasteiger partial charge in [-0.1, -0.05) is 0 Å². The molecular formula is C10H11ClF2N2O2. The van der Waals surface area contributed by atoms with E-state index in [4.69, 9.17) is 11.6 Å². The lowest BCUT2D eigenvalue weighted by molar-refractivity contribution is -0.385. The van der Waals surface area contributed by atoms with E-state index in [9.17, 15) is 18.9 Å². The van der Waals surface area contributed by atoms with Crippen molar-refractivity contribution in [3.05, 3.63) is 33.9 Å². The van der Waals surface area contributed by atoms with Crippen molar-refractivity contribution in [1.29, 1.82) is 0 Å². The van der Waals surface area contributed by atoms with Gasteiger partial charge in [-0.05, 0) is 12.1 Å². The van der Waals surface area contributed by atoms with Gasteiger partial charge < -0.3 is 4.90 Å². The summed E-state index contributed by atoms with van der Waals surface area (Å²) in [5.74, 6) is -0.0350. The van der Waals surface area contributed by atoms with Crippen LogP contribution in [-0.2, 0) is 5.88 Å². The summed E-state index contributed by atoms with van der Waals surface area (Å²) in [6.07, 6.45) is -2.46. The van der Waals surface area contributed by atoms with Crippen LogP contribution >= 0.6 is 11.6 Å². The van der Waals surface area contributed by atoms with Gasteiger partial charge in [0.05, 0.1) is 17.3 Å². The SMILES string of the molecule is CN(CC(F)F)c1ccc([N+](=O)[O-])c(CCl)c1. The molecule has 0 saturated heterocycles. The summed E-state index contributed by atoms with van der Waals surface area (Å²) >= 11 is 5.59. The summed E-state index contributed by atoms with van der Waals surface area (Å²) in [7, 11) is 1.49. The van der Waals surface area contributed by atoms with Crippen molar-refractivity contribution in [3.8, 4) is 0 Å². The Morgan fingerprint density at radius 2 is 2.18 bits per heavy atom. The third kappa shape index (κ3) is 3.52. The molecule has 0 atom stereocenters. The van der Waals surface area contributed by atoms with Gasteiger partial charge in [0, 0.05) is 24.4 Å². The van der Waals surface area contributed by atoms with Crippen molar-refractivity contribution in [3.63, 3.8) is 0 Å². The zero-order valence-electron chi connectivity index (χ0n) is 9.07. The molecule has 94 valence electrons. The van der Waals surface area contributed by atoms with Crippen molar-refractivity contribution < 1.29 is 13.7 Å². The van der Waals surface area contributed by atoms with Crippen LogP contribution in [0.2, 0.25) is 0 Å². The van der Waals surface area contributed by atoms with Crippen molar-refractivity contribution in [2.24, 2.45) is 0 Å². The van der Waals surface area contributed by atoms with Crippen LogP contribution in [0.15, 0.2) is 18.2 Å². The van der Waals surface area contributed by atoms with Crippen molar-refractivity contribution >= 4 is 23.0 Å². The first-order valence-electron chi connectivity index (χ1n) is 4.78. The maximum atomic E-state index is 12.2. The number of alkyl halides is 3. The second kappa shape index (κ2) is 5.77. The maximum Gasteiger partial charge on any atom is 0.273 e. The molecule has 4 nitrogen and oxygen atoms in total. The molecule has 0 aromatic heterocycles. The molecule has 0 radical (unpaired) electrons. The van der Waals surface area contributed by atoms with E-state index in [-0.39, 0.29) is 11.6 Å². The van der Waals surface area contributed by atoms with Crippen LogP contribution in [-0.4, -0.2) is 24.9 Å². The topological polar surface area (TPSA) is 46.4 Å². The minimum Gasteiger partial charge on any atom is -0.369 e. The Labute approximate surface area is 102 Å². The predicted molar refractivity (Wildman–Crippen MR) is 61.9 cm³/mol. The Morgan fingerprint density at radius 1 is 1.53 bits per heavy atom. The van der Waals surface area contributed by atoms with Crippen LogP contribution < -0.4 is 4.90 Å². The van der Waals surface area contributed by atoms with Crippen molar-refractivity contribution in [2.45, 2.75) is 12.3 Å². The lowest BCUT2D eigenvalue weighted by Gasteiger charge is -2.19. The van der Waals surface area contributed by atoms with Crippen LogP contribution in [0, 0.1) is 10.1 Å². The van der Waals surface area contributed by atoms with Crippen LogP contribution in [0.3, 0.4) is 0 Å². The van der Waals surface area contributed by atoms with Gasteiger partial charge in [-0.25, -0.2) is 8.78 Å². The van der Waals surface area contributed by atoms with Crippen LogP contribution in [0.4, 0.5) is 20.2 Å². The van der Waals surface area contributed by atoms with Crippen LogP contribution in [0.25, 0.3) is 0 Å². The number of nitro benzene ring substituents is 1. The highest BCUT2D eigenvalue weighted by Crippen LogP contribution is 2.26. The van der Waals surface area contributed by atoms with E-state index in [1.807, 2.05) is 0 Å². The molecule has 0 N–H and O–H groups in total. The van der Waals surface area contributed by atoms with Gasteiger partial charge >= 0.3 is 0 Å². The number of nitro groups is 1. The first kappa shape index (κ1) is 13.6. The molecule has 17 heavy (non-hydrogen) atoms. The van der Waals surface area contributed by atoms with Crippen molar-refractivity contribution in [1.82, 2.24) is 0 Å². The average molecular weight is 265 g/mol. The van der Waals surface area contributed by atoms with Gasteiger partial charge in [-0.2, -0.15) is 0 Å². The van der Waals surface area contributed by atoms with Gasteiger partial charge in [0.1, 0.15) is 0 Å². The van der Waals surface area contributed by atoms with E-state index in [1.165, 1.54) is 30.1 Å². The standard InChI is InChI=1S/C10H11ClF2N2O2/c1-14(6-10(12)13)8-2-3-9(15(16)17)7(4-8)5-11/h2-4,10H,5-6H2,1H3. The van der Waals surface area contributed by atoms with E-state index in [2.05, 4.69) is 0 Å². The second-order valence-electron chi connectivity index (χ2n) is 3.48. The number of anilines is 1. The summed E-state index contributed by atoms with van der Waals surface area (Å²) in [6, 6.07) is 4.15. The highest BCUT2D eigenvalue weighted by Gasteiger charge is 2.15. The molecule has 0 spiro atoms. The largest absolute Gasteiger partial charge is 0.369 e. The summed E-state index contributed by atoms with van der Waals surface area (Å²) < 4.78 is 24.4. The molecule has 1 aromatic carbocycles. The molecule has 1 aromatic rings. The molecule has 0 aliphatic heterocycles. The number of hydrogen-bond acceptors (Lipinski definition) is 3.